The molecule has 0 aliphatic carbocycles. The summed E-state index contributed by atoms with van der Waals surface area (Å²) >= 11 is 3.20. The first kappa shape index (κ1) is 13.5. The maximum Gasteiger partial charge on any atom is 0.326 e. The molecule has 0 aliphatic heterocycles. The largest absolute Gasteiger partial charge is 0.480 e. The van der Waals surface area contributed by atoms with E-state index in [2.05, 4.69) is 26.2 Å². The van der Waals surface area contributed by atoms with Crippen molar-refractivity contribution in [1.82, 2.24) is 4.98 Å². The number of rotatable bonds is 4. The van der Waals surface area contributed by atoms with Crippen LogP contribution in [0.2, 0.25) is 0 Å². The monoisotopic (exact) mass is 297 g/mol. The third-order valence-corrected chi connectivity index (χ3v) is 2.63. The Balaban J connectivity index is 3.02. The Hall–Kier alpha value is -1.61. The number of carbonyl (C=O) groups is 1. The first-order valence-corrected chi connectivity index (χ1v) is 5.80. The molecule has 17 heavy (non-hydrogen) atoms. The number of carboxylic acid groups (broad SMARTS) is 1. The predicted molar refractivity (Wildman–Crippen MR) is 66.5 cm³/mol. The number of aliphatic carboxylic acids is 1. The van der Waals surface area contributed by atoms with Gasteiger partial charge in [-0.05, 0) is 27.9 Å². The number of carboxylic acids is 1. The molecule has 1 unspecified atom stereocenters. The van der Waals surface area contributed by atoms with Gasteiger partial charge in [0.2, 0.25) is 0 Å². The van der Waals surface area contributed by atoms with Crippen LogP contribution in [0.5, 0.6) is 0 Å². The van der Waals surface area contributed by atoms with Gasteiger partial charge in [0.25, 0.3) is 0 Å². The molecule has 0 aromatic carbocycles. The fraction of sp³-hybridized carbons (Fsp3) is 0.364. The van der Waals surface area contributed by atoms with Crippen molar-refractivity contribution in [3.8, 4) is 6.07 Å². The summed E-state index contributed by atoms with van der Waals surface area (Å²) < 4.78 is 0.677. The van der Waals surface area contributed by atoms with Crippen LogP contribution in [0.3, 0.4) is 0 Å². The first-order valence-electron chi connectivity index (χ1n) is 5.00. The molecule has 90 valence electrons. The zero-order chi connectivity index (χ0) is 13.0. The van der Waals surface area contributed by atoms with Crippen molar-refractivity contribution in [3.05, 3.63) is 22.3 Å². The van der Waals surface area contributed by atoms with Gasteiger partial charge in [-0.15, -0.1) is 0 Å². The number of hydrogen-bond acceptors (Lipinski definition) is 4. The van der Waals surface area contributed by atoms with E-state index in [1.165, 1.54) is 6.20 Å². The average Bonchev–Trinajstić information content (AvgIpc) is 2.26. The molecular weight excluding hydrogens is 286 g/mol. The minimum atomic E-state index is -0.964. The van der Waals surface area contributed by atoms with Crippen molar-refractivity contribution in [3.63, 3.8) is 0 Å². The quantitative estimate of drug-likeness (QED) is 0.890. The van der Waals surface area contributed by atoms with Crippen molar-refractivity contribution >= 4 is 27.7 Å². The van der Waals surface area contributed by atoms with Crippen LogP contribution in [-0.4, -0.2) is 22.1 Å². The van der Waals surface area contributed by atoms with Gasteiger partial charge in [0.1, 0.15) is 17.9 Å². The fourth-order valence-electron chi connectivity index (χ4n) is 1.30. The number of nitrogens with one attached hydrogen (secondary N) is 1. The van der Waals surface area contributed by atoms with E-state index in [1.54, 1.807) is 19.9 Å². The Bertz CT molecular complexity index is 468. The molecule has 0 aliphatic rings. The van der Waals surface area contributed by atoms with Gasteiger partial charge in [-0.1, -0.05) is 13.8 Å². The van der Waals surface area contributed by atoms with Gasteiger partial charge < -0.3 is 10.4 Å². The normalized spacial score (nSPS) is 11.9. The van der Waals surface area contributed by atoms with E-state index in [9.17, 15) is 4.79 Å². The molecule has 0 saturated carbocycles. The number of hydrogen-bond donors (Lipinski definition) is 2. The van der Waals surface area contributed by atoms with Gasteiger partial charge in [-0.2, -0.15) is 5.26 Å². The van der Waals surface area contributed by atoms with Crippen LogP contribution in [0.1, 0.15) is 19.4 Å². The lowest BCUT2D eigenvalue weighted by Crippen LogP contribution is -2.34. The molecule has 1 aromatic heterocycles. The van der Waals surface area contributed by atoms with Gasteiger partial charge in [-0.3, -0.25) is 0 Å². The summed E-state index contributed by atoms with van der Waals surface area (Å²) in [5.74, 6) is -0.783. The number of halogens is 1. The van der Waals surface area contributed by atoms with E-state index in [0.717, 1.165) is 0 Å². The molecule has 0 spiro atoms. The lowest BCUT2D eigenvalue weighted by molar-refractivity contribution is -0.138. The zero-order valence-electron chi connectivity index (χ0n) is 9.44. The van der Waals surface area contributed by atoms with Gasteiger partial charge in [0.15, 0.2) is 0 Å². The minimum absolute atomic E-state index is 0.107. The third kappa shape index (κ3) is 3.43. The number of nitrogens with zero attached hydrogens (tertiary/aromatic N) is 2. The van der Waals surface area contributed by atoms with Crippen LogP contribution in [0.15, 0.2) is 16.7 Å². The molecule has 6 heteroatoms. The SMILES string of the molecule is CC(C)C(Nc1ncc(Br)cc1C#N)C(=O)O. The number of aromatic nitrogens is 1. The van der Waals surface area contributed by atoms with E-state index in [0.29, 0.717) is 10.0 Å². The summed E-state index contributed by atoms with van der Waals surface area (Å²) in [6, 6.07) is 2.80. The summed E-state index contributed by atoms with van der Waals surface area (Å²) in [6.07, 6.45) is 1.52. The molecular formula is C11H12BrN3O2. The number of pyridine rings is 1. The van der Waals surface area contributed by atoms with Crippen molar-refractivity contribution in [2.24, 2.45) is 5.92 Å². The van der Waals surface area contributed by atoms with E-state index in [-0.39, 0.29) is 11.7 Å². The smallest absolute Gasteiger partial charge is 0.326 e. The second-order valence-corrected chi connectivity index (χ2v) is 4.78. The van der Waals surface area contributed by atoms with Crippen molar-refractivity contribution in [2.45, 2.75) is 19.9 Å². The van der Waals surface area contributed by atoms with Crippen LogP contribution in [-0.2, 0) is 4.79 Å². The molecule has 2 N–H and O–H groups in total. The maximum atomic E-state index is 11.0. The Labute approximate surface area is 108 Å². The molecule has 0 radical (unpaired) electrons. The van der Waals surface area contributed by atoms with Gasteiger partial charge in [0, 0.05) is 10.7 Å². The van der Waals surface area contributed by atoms with E-state index in [4.69, 9.17) is 10.4 Å². The van der Waals surface area contributed by atoms with Crippen LogP contribution in [0.4, 0.5) is 5.82 Å². The van der Waals surface area contributed by atoms with E-state index >= 15 is 0 Å². The summed E-state index contributed by atoms with van der Waals surface area (Å²) in [5.41, 5.74) is 0.311. The Kier molecular flexibility index (Phi) is 4.46. The fourth-order valence-corrected chi connectivity index (χ4v) is 1.63. The second kappa shape index (κ2) is 5.64. The van der Waals surface area contributed by atoms with E-state index in [1.807, 2.05) is 6.07 Å². The molecule has 1 heterocycles. The first-order chi connectivity index (χ1) is 7.95. The Morgan fingerprint density at radius 2 is 2.29 bits per heavy atom. The summed E-state index contributed by atoms with van der Waals surface area (Å²) in [7, 11) is 0. The molecule has 1 aromatic rings. The Morgan fingerprint density at radius 3 is 2.76 bits per heavy atom. The highest BCUT2D eigenvalue weighted by atomic mass is 79.9. The minimum Gasteiger partial charge on any atom is -0.480 e. The Morgan fingerprint density at radius 1 is 1.65 bits per heavy atom. The van der Waals surface area contributed by atoms with Crippen LogP contribution in [0.25, 0.3) is 0 Å². The van der Waals surface area contributed by atoms with Crippen LogP contribution in [0, 0.1) is 17.2 Å². The van der Waals surface area contributed by atoms with Gasteiger partial charge in [-0.25, -0.2) is 9.78 Å². The molecule has 1 atom stereocenters. The maximum absolute atomic E-state index is 11.0. The highest BCUT2D eigenvalue weighted by Gasteiger charge is 2.22. The molecule has 0 amide bonds. The average molecular weight is 298 g/mol. The van der Waals surface area contributed by atoms with E-state index < -0.39 is 12.0 Å². The van der Waals surface area contributed by atoms with Gasteiger partial charge in [0.05, 0.1) is 5.56 Å². The lowest BCUT2D eigenvalue weighted by Gasteiger charge is -2.19. The van der Waals surface area contributed by atoms with Crippen molar-refractivity contribution < 1.29 is 9.90 Å². The summed E-state index contributed by atoms with van der Waals surface area (Å²) in [5, 5.41) is 20.7. The van der Waals surface area contributed by atoms with Crippen LogP contribution >= 0.6 is 15.9 Å². The van der Waals surface area contributed by atoms with Crippen molar-refractivity contribution in [1.29, 1.82) is 5.26 Å². The molecule has 0 bridgehead atoms. The van der Waals surface area contributed by atoms with Gasteiger partial charge >= 0.3 is 5.97 Å². The zero-order valence-corrected chi connectivity index (χ0v) is 11.0. The number of nitriles is 1. The highest BCUT2D eigenvalue weighted by Crippen LogP contribution is 2.19. The highest BCUT2D eigenvalue weighted by molar-refractivity contribution is 9.10. The third-order valence-electron chi connectivity index (χ3n) is 2.20. The molecule has 1 rings (SSSR count). The molecule has 0 saturated heterocycles. The lowest BCUT2D eigenvalue weighted by atomic mass is 10.0. The number of anilines is 1. The predicted octanol–water partition coefficient (Wildman–Crippen LogP) is 2.24. The molecule has 0 fully saturated rings. The second-order valence-electron chi connectivity index (χ2n) is 3.87. The molecule has 5 nitrogen and oxygen atoms in total. The topological polar surface area (TPSA) is 86.0 Å². The summed E-state index contributed by atoms with van der Waals surface area (Å²) in [4.78, 5) is 15.0. The summed E-state index contributed by atoms with van der Waals surface area (Å²) in [6.45, 7) is 3.58. The van der Waals surface area contributed by atoms with Crippen molar-refractivity contribution in [2.75, 3.05) is 5.32 Å². The standard InChI is InChI=1S/C11H12BrN3O2/c1-6(2)9(11(16)17)15-10-7(4-13)3-8(12)5-14-10/h3,5-6,9H,1-2H3,(H,14,15)(H,16,17). The van der Waals surface area contributed by atoms with Crippen LogP contribution < -0.4 is 5.32 Å².